The number of fused-ring (bicyclic) bond motifs is 1. The van der Waals surface area contributed by atoms with Gasteiger partial charge in [0.05, 0.1) is 5.56 Å². The zero-order valence-electron chi connectivity index (χ0n) is 16.6. The van der Waals surface area contributed by atoms with Gasteiger partial charge in [-0.2, -0.15) is 0 Å². The molecule has 0 radical (unpaired) electrons. The van der Waals surface area contributed by atoms with Crippen molar-refractivity contribution in [2.45, 2.75) is 32.2 Å². The number of rotatable bonds is 6. The van der Waals surface area contributed by atoms with E-state index in [0.717, 1.165) is 42.4 Å². The van der Waals surface area contributed by atoms with Crippen LogP contribution in [0.15, 0.2) is 60.9 Å². The summed E-state index contributed by atoms with van der Waals surface area (Å²) in [5, 5.41) is 6.55. The number of pyridine rings is 1. The van der Waals surface area contributed by atoms with Crippen molar-refractivity contribution in [2.75, 3.05) is 5.32 Å². The standard InChI is InChI=1S/C24H23N3O2S/c28-21(13-12-17-7-2-1-3-8-17)27-24-22(19-10-4-5-11-20(19)30-24)23(29)26-16-18-9-6-14-25-15-18/h1-3,6-9,12-15H,4-5,10-11,16H2,(H,26,29)(H,27,28)/b13-12+. The number of carbonyl (C=O) groups excluding carboxylic acids is 2. The molecule has 1 aliphatic carbocycles. The lowest BCUT2D eigenvalue weighted by molar-refractivity contribution is -0.111. The Kier molecular flexibility index (Phi) is 6.35. The Hall–Kier alpha value is -3.25. The van der Waals surface area contributed by atoms with E-state index in [-0.39, 0.29) is 11.8 Å². The van der Waals surface area contributed by atoms with Crippen molar-refractivity contribution < 1.29 is 9.59 Å². The minimum Gasteiger partial charge on any atom is -0.348 e. The van der Waals surface area contributed by atoms with E-state index in [2.05, 4.69) is 15.6 Å². The predicted octanol–water partition coefficient (Wildman–Crippen LogP) is 4.60. The lowest BCUT2D eigenvalue weighted by Crippen LogP contribution is -2.25. The molecule has 0 spiro atoms. The zero-order chi connectivity index (χ0) is 20.8. The molecule has 0 saturated carbocycles. The van der Waals surface area contributed by atoms with Gasteiger partial charge in [-0.25, -0.2) is 0 Å². The van der Waals surface area contributed by atoms with Crippen LogP contribution in [0.4, 0.5) is 5.00 Å². The number of aromatic nitrogens is 1. The van der Waals surface area contributed by atoms with Crippen LogP contribution in [0.2, 0.25) is 0 Å². The molecule has 30 heavy (non-hydrogen) atoms. The van der Waals surface area contributed by atoms with Crippen LogP contribution in [0, 0.1) is 0 Å². The smallest absolute Gasteiger partial charge is 0.254 e. The molecule has 1 aliphatic rings. The molecule has 0 unspecified atom stereocenters. The third-order valence-electron chi connectivity index (χ3n) is 5.04. The van der Waals surface area contributed by atoms with Crippen molar-refractivity contribution >= 4 is 34.2 Å². The second-order valence-electron chi connectivity index (χ2n) is 7.19. The van der Waals surface area contributed by atoms with Crippen LogP contribution in [0.3, 0.4) is 0 Å². The molecule has 0 saturated heterocycles. The largest absolute Gasteiger partial charge is 0.348 e. The highest BCUT2D eigenvalue weighted by Gasteiger charge is 2.26. The molecule has 152 valence electrons. The Morgan fingerprint density at radius 3 is 2.70 bits per heavy atom. The summed E-state index contributed by atoms with van der Waals surface area (Å²) in [7, 11) is 0. The van der Waals surface area contributed by atoms with Crippen molar-refractivity contribution in [3.05, 3.63) is 88.1 Å². The molecular formula is C24H23N3O2S. The molecule has 2 heterocycles. The van der Waals surface area contributed by atoms with E-state index in [4.69, 9.17) is 0 Å². The second kappa shape index (κ2) is 9.50. The first kappa shape index (κ1) is 20.0. The number of carbonyl (C=O) groups is 2. The summed E-state index contributed by atoms with van der Waals surface area (Å²) in [4.78, 5) is 30.8. The van der Waals surface area contributed by atoms with E-state index in [1.807, 2.05) is 42.5 Å². The third-order valence-corrected chi connectivity index (χ3v) is 6.24. The van der Waals surface area contributed by atoms with Crippen molar-refractivity contribution in [1.82, 2.24) is 10.3 Å². The Morgan fingerprint density at radius 1 is 1.07 bits per heavy atom. The fourth-order valence-electron chi connectivity index (χ4n) is 3.56. The summed E-state index contributed by atoms with van der Waals surface area (Å²) >= 11 is 1.52. The monoisotopic (exact) mass is 417 g/mol. The summed E-state index contributed by atoms with van der Waals surface area (Å²) in [6.07, 6.45) is 10.7. The van der Waals surface area contributed by atoms with E-state index < -0.39 is 0 Å². The van der Waals surface area contributed by atoms with Gasteiger partial charge in [-0.15, -0.1) is 11.3 Å². The van der Waals surface area contributed by atoms with Gasteiger partial charge in [0.1, 0.15) is 5.00 Å². The van der Waals surface area contributed by atoms with Crippen molar-refractivity contribution in [3.8, 4) is 0 Å². The maximum atomic E-state index is 13.0. The molecule has 1 aromatic carbocycles. The predicted molar refractivity (Wildman–Crippen MR) is 120 cm³/mol. The van der Waals surface area contributed by atoms with Gasteiger partial charge in [0.2, 0.25) is 5.91 Å². The Balaban J connectivity index is 1.52. The van der Waals surface area contributed by atoms with Gasteiger partial charge >= 0.3 is 0 Å². The fourth-order valence-corrected chi connectivity index (χ4v) is 4.85. The molecule has 6 heteroatoms. The lowest BCUT2D eigenvalue weighted by atomic mass is 9.95. The lowest BCUT2D eigenvalue weighted by Gasteiger charge is -2.13. The van der Waals surface area contributed by atoms with Gasteiger partial charge < -0.3 is 10.6 Å². The van der Waals surface area contributed by atoms with Gasteiger partial charge in [-0.05, 0) is 54.5 Å². The van der Waals surface area contributed by atoms with Crippen LogP contribution in [-0.2, 0) is 24.2 Å². The highest BCUT2D eigenvalue weighted by molar-refractivity contribution is 7.17. The van der Waals surface area contributed by atoms with Crippen LogP contribution in [0.1, 0.15) is 44.8 Å². The number of hydrogen-bond donors (Lipinski definition) is 2. The average Bonchev–Trinajstić information content (AvgIpc) is 3.15. The molecule has 0 bridgehead atoms. The van der Waals surface area contributed by atoms with Gasteiger partial charge in [0.25, 0.3) is 5.91 Å². The molecule has 0 aliphatic heterocycles. The summed E-state index contributed by atoms with van der Waals surface area (Å²) < 4.78 is 0. The SMILES string of the molecule is O=C(/C=C/c1ccccc1)Nc1sc2c(c1C(=O)NCc1cccnc1)CCCC2. The molecule has 5 nitrogen and oxygen atoms in total. The Labute approximate surface area is 179 Å². The minimum atomic E-state index is -0.237. The molecule has 3 aromatic rings. The number of thiophene rings is 1. The van der Waals surface area contributed by atoms with E-state index in [9.17, 15) is 9.59 Å². The molecule has 2 N–H and O–H groups in total. The van der Waals surface area contributed by atoms with E-state index in [1.165, 1.54) is 22.3 Å². The van der Waals surface area contributed by atoms with Crippen LogP contribution in [-0.4, -0.2) is 16.8 Å². The van der Waals surface area contributed by atoms with Crippen LogP contribution >= 0.6 is 11.3 Å². The first-order valence-electron chi connectivity index (χ1n) is 10.1. The number of hydrogen-bond acceptors (Lipinski definition) is 4. The number of benzene rings is 1. The number of nitrogens with one attached hydrogen (secondary N) is 2. The van der Waals surface area contributed by atoms with Crippen molar-refractivity contribution in [2.24, 2.45) is 0 Å². The van der Waals surface area contributed by atoms with Crippen molar-refractivity contribution in [1.29, 1.82) is 0 Å². The average molecular weight is 418 g/mol. The normalized spacial score (nSPS) is 13.1. The molecule has 0 atom stereocenters. The molecule has 2 amide bonds. The quantitative estimate of drug-likeness (QED) is 0.576. The maximum Gasteiger partial charge on any atom is 0.254 e. The highest BCUT2D eigenvalue weighted by Crippen LogP contribution is 2.38. The molecule has 0 fully saturated rings. The van der Waals surface area contributed by atoms with Gasteiger partial charge in [-0.3, -0.25) is 14.6 Å². The van der Waals surface area contributed by atoms with E-state index >= 15 is 0 Å². The highest BCUT2D eigenvalue weighted by atomic mass is 32.1. The Bertz CT molecular complexity index is 1060. The van der Waals surface area contributed by atoms with Crippen LogP contribution in [0.25, 0.3) is 6.08 Å². The summed E-state index contributed by atoms with van der Waals surface area (Å²) in [5.74, 6) is -0.389. The first-order chi connectivity index (χ1) is 14.7. The van der Waals surface area contributed by atoms with Crippen molar-refractivity contribution in [3.63, 3.8) is 0 Å². The molecule has 4 rings (SSSR count). The third kappa shape index (κ3) is 4.83. The zero-order valence-corrected chi connectivity index (χ0v) is 17.4. The number of aryl methyl sites for hydroxylation is 1. The first-order valence-corrected chi connectivity index (χ1v) is 10.9. The number of amides is 2. The topological polar surface area (TPSA) is 71.1 Å². The van der Waals surface area contributed by atoms with Crippen LogP contribution in [0.5, 0.6) is 0 Å². The van der Waals surface area contributed by atoms with Gasteiger partial charge in [-0.1, -0.05) is 36.4 Å². The van der Waals surface area contributed by atoms with Gasteiger partial charge in [0, 0.05) is 29.9 Å². The van der Waals surface area contributed by atoms with E-state index in [0.29, 0.717) is 17.1 Å². The molecular weight excluding hydrogens is 394 g/mol. The fraction of sp³-hybridized carbons (Fsp3) is 0.208. The minimum absolute atomic E-state index is 0.152. The second-order valence-corrected chi connectivity index (χ2v) is 8.30. The maximum absolute atomic E-state index is 13.0. The molecule has 2 aromatic heterocycles. The van der Waals surface area contributed by atoms with E-state index in [1.54, 1.807) is 18.5 Å². The Morgan fingerprint density at radius 2 is 1.90 bits per heavy atom. The summed E-state index contributed by atoms with van der Waals surface area (Å²) in [6, 6.07) is 13.4. The van der Waals surface area contributed by atoms with Crippen LogP contribution < -0.4 is 10.6 Å². The summed E-state index contributed by atoms with van der Waals surface area (Å²) in [5.41, 5.74) is 3.58. The number of nitrogens with zero attached hydrogens (tertiary/aromatic N) is 1. The van der Waals surface area contributed by atoms with Gasteiger partial charge in [0.15, 0.2) is 0 Å². The summed E-state index contributed by atoms with van der Waals surface area (Å²) in [6.45, 7) is 0.401. The number of anilines is 1.